The summed E-state index contributed by atoms with van der Waals surface area (Å²) < 4.78 is 5.67. The fourth-order valence-electron chi connectivity index (χ4n) is 2.68. The van der Waals surface area contributed by atoms with Gasteiger partial charge in [0.15, 0.2) is 0 Å². The van der Waals surface area contributed by atoms with Gasteiger partial charge in [0.1, 0.15) is 0 Å². The smallest absolute Gasteiger partial charge is 0.0702 e. The van der Waals surface area contributed by atoms with Crippen LogP contribution in [0, 0.1) is 0 Å². The number of piperidine rings is 1. The minimum atomic E-state index is 0.528. The third kappa shape index (κ3) is 3.44. The van der Waals surface area contributed by atoms with Crippen molar-refractivity contribution < 1.29 is 4.74 Å². The summed E-state index contributed by atoms with van der Waals surface area (Å²) in [4.78, 5) is 2.57. The molecule has 2 heterocycles. The summed E-state index contributed by atoms with van der Waals surface area (Å²) in [6.45, 7) is 7.95. The van der Waals surface area contributed by atoms with E-state index in [1.807, 2.05) is 0 Å². The number of hydrogen-bond acceptors (Lipinski definition) is 3. The van der Waals surface area contributed by atoms with Gasteiger partial charge in [0.2, 0.25) is 0 Å². The van der Waals surface area contributed by atoms with Gasteiger partial charge in [-0.3, -0.25) is 0 Å². The Balaban J connectivity index is 1.64. The minimum Gasteiger partial charge on any atom is -0.377 e. The van der Waals surface area contributed by atoms with Crippen LogP contribution in [-0.4, -0.2) is 49.8 Å². The minimum absolute atomic E-state index is 0.528. The highest BCUT2D eigenvalue weighted by Gasteiger charge is 2.23. The van der Waals surface area contributed by atoms with Gasteiger partial charge >= 0.3 is 0 Å². The van der Waals surface area contributed by atoms with Gasteiger partial charge in [0.05, 0.1) is 6.10 Å². The van der Waals surface area contributed by atoms with Crippen molar-refractivity contribution in [1.82, 2.24) is 10.2 Å². The molecule has 0 aromatic heterocycles. The fourth-order valence-corrected chi connectivity index (χ4v) is 2.68. The molecule has 2 aliphatic heterocycles. The lowest BCUT2D eigenvalue weighted by atomic mass is 10.0. The molecule has 15 heavy (non-hydrogen) atoms. The van der Waals surface area contributed by atoms with Crippen molar-refractivity contribution in [1.29, 1.82) is 0 Å². The first-order valence-corrected chi connectivity index (χ1v) is 6.46. The van der Waals surface area contributed by atoms with Crippen LogP contribution in [0.15, 0.2) is 0 Å². The monoisotopic (exact) mass is 212 g/mol. The molecule has 0 bridgehead atoms. The number of hydrogen-bond donors (Lipinski definition) is 1. The van der Waals surface area contributed by atoms with Crippen LogP contribution in [0.5, 0.6) is 0 Å². The van der Waals surface area contributed by atoms with Crippen LogP contribution in [0.1, 0.15) is 32.6 Å². The molecule has 1 N–H and O–H groups in total. The van der Waals surface area contributed by atoms with E-state index in [1.54, 1.807) is 0 Å². The molecule has 1 unspecified atom stereocenters. The molecular formula is C12H24N2O. The molecule has 1 atom stereocenters. The van der Waals surface area contributed by atoms with E-state index in [-0.39, 0.29) is 0 Å². The van der Waals surface area contributed by atoms with Gasteiger partial charge in [-0.15, -0.1) is 0 Å². The van der Waals surface area contributed by atoms with E-state index in [0.717, 1.165) is 19.2 Å². The van der Waals surface area contributed by atoms with Crippen LogP contribution in [0.3, 0.4) is 0 Å². The predicted octanol–water partition coefficient (Wildman–Crippen LogP) is 1.24. The molecule has 0 aromatic carbocycles. The third-order valence-electron chi connectivity index (χ3n) is 3.57. The molecule has 88 valence electrons. The molecular weight excluding hydrogens is 188 g/mol. The van der Waals surface area contributed by atoms with Crippen molar-refractivity contribution in [2.24, 2.45) is 0 Å². The average molecular weight is 212 g/mol. The number of nitrogens with one attached hydrogen (secondary N) is 1. The van der Waals surface area contributed by atoms with Gasteiger partial charge in [-0.2, -0.15) is 0 Å². The lowest BCUT2D eigenvalue weighted by Gasteiger charge is -2.33. The summed E-state index contributed by atoms with van der Waals surface area (Å²) in [6, 6.07) is 0.760. The summed E-state index contributed by atoms with van der Waals surface area (Å²) in [6.07, 6.45) is 5.67. The summed E-state index contributed by atoms with van der Waals surface area (Å²) >= 11 is 0. The molecule has 3 heteroatoms. The number of nitrogens with zero attached hydrogens (tertiary/aromatic N) is 1. The lowest BCUT2D eigenvalue weighted by Crippen LogP contribution is -2.44. The largest absolute Gasteiger partial charge is 0.377 e. The number of likely N-dealkylation sites (tertiary alicyclic amines) is 1. The molecule has 0 radical (unpaired) electrons. The Hall–Kier alpha value is -0.120. The van der Waals surface area contributed by atoms with Gasteiger partial charge in [-0.25, -0.2) is 0 Å². The van der Waals surface area contributed by atoms with E-state index >= 15 is 0 Å². The zero-order chi connectivity index (χ0) is 10.5. The highest BCUT2D eigenvalue weighted by atomic mass is 16.5. The number of rotatable bonds is 4. The highest BCUT2D eigenvalue weighted by Crippen LogP contribution is 2.16. The first-order chi connectivity index (χ1) is 7.38. The van der Waals surface area contributed by atoms with Crippen molar-refractivity contribution >= 4 is 0 Å². The Morgan fingerprint density at radius 2 is 2.07 bits per heavy atom. The molecule has 3 nitrogen and oxygen atoms in total. The van der Waals surface area contributed by atoms with E-state index in [9.17, 15) is 0 Å². The summed E-state index contributed by atoms with van der Waals surface area (Å²) in [5.74, 6) is 0. The van der Waals surface area contributed by atoms with Crippen molar-refractivity contribution in [3.05, 3.63) is 0 Å². The molecule has 0 aromatic rings. The first-order valence-electron chi connectivity index (χ1n) is 6.46. The highest BCUT2D eigenvalue weighted by molar-refractivity contribution is 4.79. The van der Waals surface area contributed by atoms with Crippen LogP contribution in [-0.2, 0) is 4.74 Å². The van der Waals surface area contributed by atoms with Crippen LogP contribution >= 0.6 is 0 Å². The average Bonchev–Trinajstić information content (AvgIpc) is 2.74. The Morgan fingerprint density at radius 3 is 2.67 bits per heavy atom. The zero-order valence-corrected chi connectivity index (χ0v) is 9.87. The molecule has 0 aliphatic carbocycles. The quantitative estimate of drug-likeness (QED) is 0.759. The standard InChI is InChI=1S/C12H24N2O/c1-2-13-11-5-7-14(8-6-11)10-12-4-3-9-15-12/h11-13H,2-10H2,1H3. The Labute approximate surface area is 93.2 Å². The Morgan fingerprint density at radius 1 is 1.27 bits per heavy atom. The van der Waals surface area contributed by atoms with Crippen LogP contribution in [0.2, 0.25) is 0 Å². The second-order valence-electron chi connectivity index (χ2n) is 4.77. The summed E-state index contributed by atoms with van der Waals surface area (Å²) in [5, 5.41) is 3.54. The van der Waals surface area contributed by atoms with E-state index < -0.39 is 0 Å². The molecule has 2 aliphatic rings. The normalized spacial score (nSPS) is 29.8. The molecule has 0 saturated carbocycles. The van der Waals surface area contributed by atoms with Gasteiger partial charge < -0.3 is 15.0 Å². The SMILES string of the molecule is CCNC1CCN(CC2CCCO2)CC1. The molecule has 0 amide bonds. The van der Waals surface area contributed by atoms with Crippen molar-refractivity contribution in [3.8, 4) is 0 Å². The van der Waals surface area contributed by atoms with Crippen LogP contribution in [0.4, 0.5) is 0 Å². The van der Waals surface area contributed by atoms with E-state index in [1.165, 1.54) is 45.3 Å². The van der Waals surface area contributed by atoms with Crippen LogP contribution in [0.25, 0.3) is 0 Å². The first kappa shape index (κ1) is 11.4. The van der Waals surface area contributed by atoms with Gasteiger partial charge in [0.25, 0.3) is 0 Å². The maximum absolute atomic E-state index is 5.67. The number of ether oxygens (including phenoxy) is 1. The maximum Gasteiger partial charge on any atom is 0.0702 e. The molecule has 0 spiro atoms. The van der Waals surface area contributed by atoms with Gasteiger partial charge in [-0.05, 0) is 45.3 Å². The van der Waals surface area contributed by atoms with E-state index in [4.69, 9.17) is 4.74 Å². The van der Waals surface area contributed by atoms with Crippen molar-refractivity contribution in [2.45, 2.75) is 44.8 Å². The maximum atomic E-state index is 5.67. The Kier molecular flexibility index (Phi) is 4.42. The predicted molar refractivity (Wildman–Crippen MR) is 62.1 cm³/mol. The van der Waals surface area contributed by atoms with Crippen LogP contribution < -0.4 is 5.32 Å². The second kappa shape index (κ2) is 5.83. The van der Waals surface area contributed by atoms with E-state index in [2.05, 4.69) is 17.1 Å². The zero-order valence-electron chi connectivity index (χ0n) is 9.87. The third-order valence-corrected chi connectivity index (χ3v) is 3.57. The molecule has 2 fully saturated rings. The molecule has 2 rings (SSSR count). The van der Waals surface area contributed by atoms with Crippen molar-refractivity contribution in [3.63, 3.8) is 0 Å². The summed E-state index contributed by atoms with van der Waals surface area (Å²) in [5.41, 5.74) is 0. The van der Waals surface area contributed by atoms with Crippen molar-refractivity contribution in [2.75, 3.05) is 32.8 Å². The summed E-state index contributed by atoms with van der Waals surface area (Å²) in [7, 11) is 0. The van der Waals surface area contributed by atoms with Gasteiger partial charge in [0, 0.05) is 19.2 Å². The fraction of sp³-hybridized carbons (Fsp3) is 1.00. The Bertz CT molecular complexity index is 172. The van der Waals surface area contributed by atoms with Gasteiger partial charge in [-0.1, -0.05) is 6.92 Å². The molecule has 2 saturated heterocycles. The second-order valence-corrected chi connectivity index (χ2v) is 4.77. The lowest BCUT2D eigenvalue weighted by molar-refractivity contribution is 0.0628. The van der Waals surface area contributed by atoms with E-state index in [0.29, 0.717) is 6.10 Å². The topological polar surface area (TPSA) is 24.5 Å².